The number of nitrogens with zero attached hydrogens (tertiary/aromatic N) is 1. The third-order valence-corrected chi connectivity index (χ3v) is 4.87. The summed E-state index contributed by atoms with van der Waals surface area (Å²) in [5.41, 5.74) is 1.92. The molecule has 0 amide bonds. The van der Waals surface area contributed by atoms with Gasteiger partial charge in [0.1, 0.15) is 5.82 Å². The molecule has 0 spiro atoms. The standard InChI is InChI=1S/C21H22N2O3/c1-20(2)25-12-21(3,13-26-20)19-22-16-11-7-10-15(17(16)18(24)23-19)14-8-5-4-6-9-14/h4-11H,12-13H2,1-3H3,(H,22,23,24). The van der Waals surface area contributed by atoms with Gasteiger partial charge in [-0.05, 0) is 38.0 Å². The van der Waals surface area contributed by atoms with Crippen LogP contribution in [-0.2, 0) is 14.9 Å². The lowest BCUT2D eigenvalue weighted by Crippen LogP contribution is -2.48. The average molecular weight is 350 g/mol. The minimum Gasteiger partial charge on any atom is -0.349 e. The van der Waals surface area contributed by atoms with E-state index in [4.69, 9.17) is 14.5 Å². The second kappa shape index (κ2) is 6.04. The quantitative estimate of drug-likeness (QED) is 0.766. The van der Waals surface area contributed by atoms with Crippen LogP contribution in [0.1, 0.15) is 26.6 Å². The van der Waals surface area contributed by atoms with Crippen molar-refractivity contribution in [3.63, 3.8) is 0 Å². The molecule has 0 aliphatic carbocycles. The Kier molecular flexibility index (Phi) is 3.93. The molecule has 4 rings (SSSR count). The first-order chi connectivity index (χ1) is 12.4. The third kappa shape index (κ3) is 2.93. The number of aromatic amines is 1. The maximum atomic E-state index is 12.9. The number of nitrogens with one attached hydrogen (secondary N) is 1. The van der Waals surface area contributed by atoms with Crippen molar-refractivity contribution in [2.24, 2.45) is 0 Å². The zero-order valence-corrected chi connectivity index (χ0v) is 15.2. The van der Waals surface area contributed by atoms with Crippen molar-refractivity contribution in [3.05, 3.63) is 64.7 Å². The van der Waals surface area contributed by atoms with E-state index in [9.17, 15) is 4.79 Å². The predicted octanol–water partition coefficient (Wildman–Crippen LogP) is 3.63. The summed E-state index contributed by atoms with van der Waals surface area (Å²) in [6, 6.07) is 15.6. The van der Waals surface area contributed by atoms with Gasteiger partial charge in [0.05, 0.1) is 29.5 Å². The summed E-state index contributed by atoms with van der Waals surface area (Å²) in [4.78, 5) is 20.6. The molecule has 0 radical (unpaired) electrons. The van der Waals surface area contributed by atoms with Gasteiger partial charge in [0.25, 0.3) is 5.56 Å². The van der Waals surface area contributed by atoms with Crippen molar-refractivity contribution >= 4 is 10.9 Å². The van der Waals surface area contributed by atoms with Gasteiger partial charge in [0, 0.05) is 0 Å². The molecule has 1 aliphatic rings. The van der Waals surface area contributed by atoms with E-state index in [0.717, 1.165) is 11.1 Å². The first kappa shape index (κ1) is 16.9. The molecular formula is C21H22N2O3. The van der Waals surface area contributed by atoms with Crippen LogP contribution in [0.4, 0.5) is 0 Å². The lowest BCUT2D eigenvalue weighted by atomic mass is 9.90. The second-order valence-electron chi connectivity index (χ2n) is 7.52. The number of H-pyrrole nitrogens is 1. The van der Waals surface area contributed by atoms with E-state index in [1.807, 2.05) is 69.3 Å². The molecule has 1 N–H and O–H groups in total. The molecule has 0 unspecified atom stereocenters. The number of hydrogen-bond acceptors (Lipinski definition) is 4. The highest BCUT2D eigenvalue weighted by molar-refractivity contribution is 5.93. The van der Waals surface area contributed by atoms with Crippen molar-refractivity contribution in [2.45, 2.75) is 32.0 Å². The van der Waals surface area contributed by atoms with Gasteiger partial charge in [0.2, 0.25) is 0 Å². The van der Waals surface area contributed by atoms with Gasteiger partial charge in [-0.25, -0.2) is 4.98 Å². The zero-order valence-electron chi connectivity index (χ0n) is 15.2. The van der Waals surface area contributed by atoms with Crippen LogP contribution in [-0.4, -0.2) is 29.0 Å². The molecule has 1 fully saturated rings. The van der Waals surface area contributed by atoms with Crippen LogP contribution in [0.25, 0.3) is 22.0 Å². The summed E-state index contributed by atoms with van der Waals surface area (Å²) in [5.74, 6) is -0.0207. The van der Waals surface area contributed by atoms with Gasteiger partial charge in [-0.1, -0.05) is 42.5 Å². The maximum Gasteiger partial charge on any atom is 0.259 e. The number of rotatable bonds is 2. The van der Waals surface area contributed by atoms with Crippen LogP contribution in [0.3, 0.4) is 0 Å². The first-order valence-corrected chi connectivity index (χ1v) is 8.75. The maximum absolute atomic E-state index is 12.9. The van der Waals surface area contributed by atoms with Gasteiger partial charge in [-0.3, -0.25) is 4.79 Å². The molecule has 1 aliphatic heterocycles. The molecule has 5 heteroatoms. The lowest BCUT2D eigenvalue weighted by molar-refractivity contribution is -0.268. The molecule has 3 aromatic rings. The second-order valence-corrected chi connectivity index (χ2v) is 7.52. The van der Waals surface area contributed by atoms with Gasteiger partial charge in [-0.2, -0.15) is 0 Å². The molecular weight excluding hydrogens is 328 g/mol. The smallest absolute Gasteiger partial charge is 0.259 e. The number of ether oxygens (including phenoxy) is 2. The van der Waals surface area contributed by atoms with E-state index in [2.05, 4.69) is 4.98 Å². The summed E-state index contributed by atoms with van der Waals surface area (Å²) >= 11 is 0. The zero-order chi connectivity index (χ0) is 18.4. The summed E-state index contributed by atoms with van der Waals surface area (Å²) in [6.07, 6.45) is 0. The Balaban J connectivity index is 1.83. The highest BCUT2D eigenvalue weighted by atomic mass is 16.7. The molecule has 1 aromatic heterocycles. The Morgan fingerprint density at radius 1 is 0.962 bits per heavy atom. The minimum absolute atomic E-state index is 0.143. The lowest BCUT2D eigenvalue weighted by Gasteiger charge is -2.40. The van der Waals surface area contributed by atoms with Crippen molar-refractivity contribution in [2.75, 3.05) is 13.2 Å². The summed E-state index contributed by atoms with van der Waals surface area (Å²) in [6.45, 7) is 6.64. The van der Waals surface area contributed by atoms with Gasteiger partial charge < -0.3 is 14.5 Å². The van der Waals surface area contributed by atoms with Gasteiger partial charge in [-0.15, -0.1) is 0 Å². The Bertz CT molecular complexity index is 999. The monoisotopic (exact) mass is 350 g/mol. The topological polar surface area (TPSA) is 64.2 Å². The number of hydrogen-bond donors (Lipinski definition) is 1. The molecule has 2 aromatic carbocycles. The van der Waals surface area contributed by atoms with Crippen LogP contribution in [0.2, 0.25) is 0 Å². The Morgan fingerprint density at radius 2 is 1.65 bits per heavy atom. The highest BCUT2D eigenvalue weighted by Crippen LogP contribution is 2.32. The first-order valence-electron chi connectivity index (χ1n) is 8.75. The summed E-state index contributed by atoms with van der Waals surface area (Å²) < 4.78 is 11.6. The fourth-order valence-corrected chi connectivity index (χ4v) is 3.22. The fourth-order valence-electron chi connectivity index (χ4n) is 3.22. The predicted molar refractivity (Wildman–Crippen MR) is 101 cm³/mol. The Labute approximate surface area is 152 Å². The van der Waals surface area contributed by atoms with Crippen LogP contribution >= 0.6 is 0 Å². The summed E-state index contributed by atoms with van der Waals surface area (Å²) in [5, 5.41) is 0.601. The SMILES string of the molecule is CC1(C)OCC(C)(c2nc3cccc(-c4ccccc4)c3c(=O)[nH]2)CO1. The van der Waals surface area contributed by atoms with E-state index in [1.54, 1.807) is 0 Å². The van der Waals surface area contributed by atoms with Crippen LogP contribution in [0.5, 0.6) is 0 Å². The van der Waals surface area contributed by atoms with E-state index in [-0.39, 0.29) is 5.56 Å². The molecule has 26 heavy (non-hydrogen) atoms. The molecule has 134 valence electrons. The number of fused-ring (bicyclic) bond motifs is 1. The van der Waals surface area contributed by atoms with Crippen molar-refractivity contribution in [1.29, 1.82) is 0 Å². The molecule has 0 saturated carbocycles. The van der Waals surface area contributed by atoms with Gasteiger partial charge in [0.15, 0.2) is 5.79 Å². The molecule has 0 bridgehead atoms. The number of aromatic nitrogens is 2. The van der Waals surface area contributed by atoms with Crippen molar-refractivity contribution in [1.82, 2.24) is 9.97 Å². The third-order valence-electron chi connectivity index (χ3n) is 4.87. The molecule has 2 heterocycles. The van der Waals surface area contributed by atoms with E-state index in [1.165, 1.54) is 0 Å². The van der Waals surface area contributed by atoms with Gasteiger partial charge >= 0.3 is 0 Å². The Hall–Kier alpha value is -2.50. The van der Waals surface area contributed by atoms with E-state index in [0.29, 0.717) is 29.9 Å². The van der Waals surface area contributed by atoms with E-state index < -0.39 is 11.2 Å². The highest BCUT2D eigenvalue weighted by Gasteiger charge is 2.40. The Morgan fingerprint density at radius 3 is 2.35 bits per heavy atom. The largest absolute Gasteiger partial charge is 0.349 e. The van der Waals surface area contributed by atoms with Crippen LogP contribution < -0.4 is 5.56 Å². The molecule has 1 saturated heterocycles. The van der Waals surface area contributed by atoms with Crippen molar-refractivity contribution < 1.29 is 9.47 Å². The van der Waals surface area contributed by atoms with Crippen molar-refractivity contribution in [3.8, 4) is 11.1 Å². The summed E-state index contributed by atoms with van der Waals surface area (Å²) in [7, 11) is 0. The average Bonchev–Trinajstić information content (AvgIpc) is 2.64. The number of benzene rings is 2. The fraction of sp³-hybridized carbons (Fsp3) is 0.333. The normalized spacial score (nSPS) is 18.7. The van der Waals surface area contributed by atoms with Crippen LogP contribution in [0, 0.1) is 0 Å². The molecule has 5 nitrogen and oxygen atoms in total. The van der Waals surface area contributed by atoms with Crippen LogP contribution in [0.15, 0.2) is 53.3 Å². The molecule has 0 atom stereocenters. The minimum atomic E-state index is -0.614. The van der Waals surface area contributed by atoms with E-state index >= 15 is 0 Å².